The Kier molecular flexibility index (Phi) is 5.28. The molecular formula is C18H31N3. The molecule has 1 N–H and O–H groups in total. The Morgan fingerprint density at radius 2 is 1.57 bits per heavy atom. The number of hydrogen-bond acceptors (Lipinski definition) is 3. The molecule has 0 spiro atoms. The van der Waals surface area contributed by atoms with Gasteiger partial charge in [0, 0.05) is 50.0 Å². The molecule has 0 aromatic heterocycles. The fourth-order valence-corrected chi connectivity index (χ4v) is 2.69. The second kappa shape index (κ2) is 6.80. The van der Waals surface area contributed by atoms with Gasteiger partial charge in [0.25, 0.3) is 0 Å². The normalized spacial score (nSPS) is 17.5. The molecule has 1 aromatic carbocycles. The predicted octanol–water partition coefficient (Wildman–Crippen LogP) is 3.11. The van der Waals surface area contributed by atoms with Gasteiger partial charge < -0.3 is 10.2 Å². The second-order valence-corrected chi connectivity index (χ2v) is 7.39. The molecule has 118 valence electrons. The van der Waals surface area contributed by atoms with Crippen molar-refractivity contribution in [3.63, 3.8) is 0 Å². The molecule has 0 aliphatic carbocycles. The molecule has 0 saturated carbocycles. The highest BCUT2D eigenvalue weighted by molar-refractivity contribution is 5.48. The summed E-state index contributed by atoms with van der Waals surface area (Å²) in [6.45, 7) is 16.7. The summed E-state index contributed by atoms with van der Waals surface area (Å²) in [7, 11) is 0. The van der Waals surface area contributed by atoms with E-state index in [0.29, 0.717) is 6.04 Å². The van der Waals surface area contributed by atoms with E-state index in [9.17, 15) is 0 Å². The lowest BCUT2D eigenvalue weighted by atomic mass is 10.1. The fourth-order valence-electron chi connectivity index (χ4n) is 2.69. The molecule has 1 aliphatic rings. The van der Waals surface area contributed by atoms with Gasteiger partial charge in [-0.05, 0) is 52.3 Å². The zero-order chi connectivity index (χ0) is 15.5. The molecule has 3 nitrogen and oxygen atoms in total. The van der Waals surface area contributed by atoms with Crippen LogP contribution in [0.4, 0.5) is 5.69 Å². The number of nitrogens with one attached hydrogen (secondary N) is 1. The number of nitrogens with zero attached hydrogens (tertiary/aromatic N) is 2. The van der Waals surface area contributed by atoms with Crippen LogP contribution < -0.4 is 10.2 Å². The van der Waals surface area contributed by atoms with Gasteiger partial charge in [0.05, 0.1) is 0 Å². The molecule has 0 amide bonds. The van der Waals surface area contributed by atoms with Crippen LogP contribution >= 0.6 is 0 Å². The molecule has 1 saturated heterocycles. The standard InChI is InChI=1S/C18H31N3/c1-15(2)20-10-12-21(13-11-20)17-8-6-16(7-9-17)14-19-18(3,4)5/h6-9,15,19H,10-14H2,1-5H3. The lowest BCUT2D eigenvalue weighted by Gasteiger charge is -2.38. The van der Waals surface area contributed by atoms with E-state index >= 15 is 0 Å². The van der Waals surface area contributed by atoms with Crippen LogP contribution in [-0.4, -0.2) is 42.7 Å². The highest BCUT2D eigenvalue weighted by atomic mass is 15.3. The smallest absolute Gasteiger partial charge is 0.0367 e. The number of hydrogen-bond donors (Lipinski definition) is 1. The van der Waals surface area contributed by atoms with Gasteiger partial charge in [-0.3, -0.25) is 4.90 Å². The van der Waals surface area contributed by atoms with E-state index in [1.165, 1.54) is 24.3 Å². The van der Waals surface area contributed by atoms with Crippen molar-refractivity contribution in [1.82, 2.24) is 10.2 Å². The van der Waals surface area contributed by atoms with Gasteiger partial charge in [-0.15, -0.1) is 0 Å². The zero-order valence-electron chi connectivity index (χ0n) is 14.3. The van der Waals surface area contributed by atoms with E-state index in [0.717, 1.165) is 19.6 Å². The first-order chi connectivity index (χ1) is 9.85. The van der Waals surface area contributed by atoms with Gasteiger partial charge in [0.2, 0.25) is 0 Å². The third kappa shape index (κ3) is 5.01. The quantitative estimate of drug-likeness (QED) is 0.919. The van der Waals surface area contributed by atoms with E-state index in [1.807, 2.05) is 0 Å². The molecule has 1 aliphatic heterocycles. The summed E-state index contributed by atoms with van der Waals surface area (Å²) in [4.78, 5) is 5.05. The first kappa shape index (κ1) is 16.3. The highest BCUT2D eigenvalue weighted by Gasteiger charge is 2.18. The molecule has 21 heavy (non-hydrogen) atoms. The van der Waals surface area contributed by atoms with Crippen LogP contribution in [0.1, 0.15) is 40.2 Å². The van der Waals surface area contributed by atoms with Crippen molar-refractivity contribution in [2.75, 3.05) is 31.1 Å². The molecule has 0 bridgehead atoms. The summed E-state index contributed by atoms with van der Waals surface area (Å²) in [6.07, 6.45) is 0. The molecule has 1 heterocycles. The summed E-state index contributed by atoms with van der Waals surface area (Å²) in [5.41, 5.74) is 2.89. The Hall–Kier alpha value is -1.06. The van der Waals surface area contributed by atoms with Crippen LogP contribution in [0, 0.1) is 0 Å². The maximum absolute atomic E-state index is 3.54. The average Bonchev–Trinajstić information content (AvgIpc) is 2.45. The topological polar surface area (TPSA) is 18.5 Å². The summed E-state index contributed by atoms with van der Waals surface area (Å²) < 4.78 is 0. The Bertz CT molecular complexity index is 423. The lowest BCUT2D eigenvalue weighted by Crippen LogP contribution is -2.48. The van der Waals surface area contributed by atoms with Crippen molar-refractivity contribution in [3.8, 4) is 0 Å². The highest BCUT2D eigenvalue weighted by Crippen LogP contribution is 2.18. The predicted molar refractivity (Wildman–Crippen MR) is 92.0 cm³/mol. The Morgan fingerprint density at radius 3 is 2.05 bits per heavy atom. The molecule has 1 aromatic rings. The number of anilines is 1. The summed E-state index contributed by atoms with van der Waals surface area (Å²) in [6, 6.07) is 9.71. The van der Waals surface area contributed by atoms with Gasteiger partial charge in [-0.1, -0.05) is 12.1 Å². The van der Waals surface area contributed by atoms with Gasteiger partial charge in [-0.2, -0.15) is 0 Å². The van der Waals surface area contributed by atoms with Gasteiger partial charge >= 0.3 is 0 Å². The molecule has 0 unspecified atom stereocenters. The van der Waals surface area contributed by atoms with E-state index in [2.05, 4.69) is 74.0 Å². The van der Waals surface area contributed by atoms with Crippen molar-refractivity contribution in [1.29, 1.82) is 0 Å². The van der Waals surface area contributed by atoms with E-state index < -0.39 is 0 Å². The lowest BCUT2D eigenvalue weighted by molar-refractivity contribution is 0.209. The van der Waals surface area contributed by atoms with Crippen LogP contribution in [0.3, 0.4) is 0 Å². The summed E-state index contributed by atoms with van der Waals surface area (Å²) in [5, 5.41) is 3.54. The van der Waals surface area contributed by atoms with Gasteiger partial charge in [0.15, 0.2) is 0 Å². The van der Waals surface area contributed by atoms with Crippen LogP contribution in [0.5, 0.6) is 0 Å². The van der Waals surface area contributed by atoms with E-state index in [1.54, 1.807) is 0 Å². The first-order valence-electron chi connectivity index (χ1n) is 8.18. The molecule has 1 fully saturated rings. The summed E-state index contributed by atoms with van der Waals surface area (Å²) >= 11 is 0. The Balaban J connectivity index is 1.88. The molecular weight excluding hydrogens is 258 g/mol. The van der Waals surface area contributed by atoms with Gasteiger partial charge in [0.1, 0.15) is 0 Å². The minimum Gasteiger partial charge on any atom is -0.369 e. The van der Waals surface area contributed by atoms with Crippen LogP contribution in [0.2, 0.25) is 0 Å². The summed E-state index contributed by atoms with van der Waals surface area (Å²) in [5.74, 6) is 0. The van der Waals surface area contributed by atoms with Gasteiger partial charge in [-0.25, -0.2) is 0 Å². The van der Waals surface area contributed by atoms with E-state index in [4.69, 9.17) is 0 Å². The number of benzene rings is 1. The zero-order valence-corrected chi connectivity index (χ0v) is 14.3. The molecule has 2 rings (SSSR count). The maximum atomic E-state index is 3.54. The molecule has 0 radical (unpaired) electrons. The molecule has 0 atom stereocenters. The van der Waals surface area contributed by atoms with Crippen LogP contribution in [-0.2, 0) is 6.54 Å². The average molecular weight is 289 g/mol. The van der Waals surface area contributed by atoms with Crippen molar-refractivity contribution in [2.45, 2.75) is 52.7 Å². The van der Waals surface area contributed by atoms with Crippen molar-refractivity contribution in [3.05, 3.63) is 29.8 Å². The molecule has 3 heteroatoms. The van der Waals surface area contributed by atoms with Crippen molar-refractivity contribution >= 4 is 5.69 Å². The number of piperazine rings is 1. The van der Waals surface area contributed by atoms with Crippen molar-refractivity contribution in [2.24, 2.45) is 0 Å². The fraction of sp³-hybridized carbons (Fsp3) is 0.667. The monoisotopic (exact) mass is 289 g/mol. The third-order valence-corrected chi connectivity index (χ3v) is 4.17. The largest absolute Gasteiger partial charge is 0.369 e. The van der Waals surface area contributed by atoms with Crippen LogP contribution in [0.25, 0.3) is 0 Å². The number of rotatable bonds is 4. The Labute approximate surface area is 130 Å². The van der Waals surface area contributed by atoms with Crippen LogP contribution in [0.15, 0.2) is 24.3 Å². The Morgan fingerprint density at radius 1 is 1.00 bits per heavy atom. The maximum Gasteiger partial charge on any atom is 0.0367 e. The van der Waals surface area contributed by atoms with Crippen molar-refractivity contribution < 1.29 is 0 Å². The minimum atomic E-state index is 0.172. The van der Waals surface area contributed by atoms with E-state index in [-0.39, 0.29) is 5.54 Å². The third-order valence-electron chi connectivity index (χ3n) is 4.17. The first-order valence-corrected chi connectivity index (χ1v) is 8.18. The SMILES string of the molecule is CC(C)N1CCN(c2ccc(CNC(C)(C)C)cc2)CC1. The second-order valence-electron chi connectivity index (χ2n) is 7.39. The minimum absolute atomic E-state index is 0.172.